The van der Waals surface area contributed by atoms with Gasteiger partial charge in [0.05, 0.1) is 11.6 Å². The van der Waals surface area contributed by atoms with Gasteiger partial charge in [0.1, 0.15) is 31.5 Å². The van der Waals surface area contributed by atoms with Crippen LogP contribution in [0.5, 0.6) is 5.75 Å². The van der Waals surface area contributed by atoms with Crippen molar-refractivity contribution in [1.82, 2.24) is 0 Å². The van der Waals surface area contributed by atoms with Gasteiger partial charge in [-0.1, -0.05) is 53.5 Å². The van der Waals surface area contributed by atoms with Crippen LogP contribution < -0.4 is 9.64 Å². The maximum absolute atomic E-state index is 10.2. The highest BCUT2D eigenvalue weighted by Crippen LogP contribution is 2.27. The molecule has 124 valence electrons. The van der Waals surface area contributed by atoms with Crippen LogP contribution in [-0.2, 0) is 6.54 Å². The molecule has 0 aliphatic heterocycles. The molecule has 0 aliphatic rings. The van der Waals surface area contributed by atoms with Gasteiger partial charge < -0.3 is 14.7 Å². The Labute approximate surface area is 147 Å². The number of likely N-dealkylation sites (N-methyl/N-ethyl adjacent to an activating group) is 1. The van der Waals surface area contributed by atoms with Gasteiger partial charge in [-0.15, -0.1) is 0 Å². The Balaban J connectivity index is 1.83. The van der Waals surface area contributed by atoms with Crippen LogP contribution >= 0.6 is 23.2 Å². The molecule has 0 aromatic heterocycles. The molecule has 2 aromatic carbocycles. The molecule has 0 amide bonds. The van der Waals surface area contributed by atoms with Crippen molar-refractivity contribution in [3.8, 4) is 5.75 Å². The van der Waals surface area contributed by atoms with E-state index in [1.54, 1.807) is 18.2 Å². The van der Waals surface area contributed by atoms with Gasteiger partial charge >= 0.3 is 0 Å². The summed E-state index contributed by atoms with van der Waals surface area (Å²) >= 11 is 11.9. The van der Waals surface area contributed by atoms with E-state index >= 15 is 0 Å². The van der Waals surface area contributed by atoms with Crippen LogP contribution in [-0.4, -0.2) is 30.9 Å². The van der Waals surface area contributed by atoms with E-state index in [4.69, 9.17) is 27.9 Å². The minimum absolute atomic E-state index is 0.208. The van der Waals surface area contributed by atoms with Crippen molar-refractivity contribution in [1.29, 1.82) is 0 Å². The lowest BCUT2D eigenvalue weighted by atomic mass is 10.2. The van der Waals surface area contributed by atoms with Crippen LogP contribution in [0.2, 0.25) is 10.0 Å². The zero-order valence-electron chi connectivity index (χ0n) is 13.1. The van der Waals surface area contributed by atoms with Crippen LogP contribution in [0.3, 0.4) is 0 Å². The van der Waals surface area contributed by atoms with Gasteiger partial charge in [0.25, 0.3) is 0 Å². The number of halogens is 2. The molecule has 0 saturated heterocycles. The van der Waals surface area contributed by atoms with Gasteiger partial charge in [-0.3, -0.25) is 0 Å². The molecule has 0 fully saturated rings. The van der Waals surface area contributed by atoms with E-state index in [-0.39, 0.29) is 6.61 Å². The molecule has 2 atom stereocenters. The number of rotatable bonds is 8. The molecular weight excluding hydrogens is 333 g/mol. The Morgan fingerprint density at radius 2 is 1.87 bits per heavy atom. The first-order chi connectivity index (χ1) is 11.1. The smallest absolute Gasteiger partial charge is 0.138 e. The summed E-state index contributed by atoms with van der Waals surface area (Å²) in [5, 5.41) is 11.2. The van der Waals surface area contributed by atoms with Gasteiger partial charge in [0, 0.05) is 10.6 Å². The number of ether oxygens (including phenoxy) is 1. The van der Waals surface area contributed by atoms with E-state index < -0.39 is 6.10 Å². The number of aliphatic hydroxyl groups excluding tert-OH is 1. The second kappa shape index (κ2) is 9.14. The highest BCUT2D eigenvalue weighted by Gasteiger charge is 2.15. The monoisotopic (exact) mass is 354 g/mol. The van der Waals surface area contributed by atoms with Crippen molar-refractivity contribution in [2.24, 2.45) is 0 Å². The third-order valence-electron chi connectivity index (χ3n) is 3.65. The third kappa shape index (κ3) is 6.04. The lowest BCUT2D eigenvalue weighted by Crippen LogP contribution is -3.11. The van der Waals surface area contributed by atoms with Gasteiger partial charge in [0.2, 0.25) is 0 Å². The number of benzene rings is 2. The first-order valence-corrected chi connectivity index (χ1v) is 8.47. The Morgan fingerprint density at radius 3 is 2.52 bits per heavy atom. The molecule has 23 heavy (non-hydrogen) atoms. The fourth-order valence-electron chi connectivity index (χ4n) is 2.40. The molecule has 2 rings (SSSR count). The zero-order valence-corrected chi connectivity index (χ0v) is 14.6. The van der Waals surface area contributed by atoms with Gasteiger partial charge in [-0.25, -0.2) is 0 Å². The molecule has 0 bridgehead atoms. The summed E-state index contributed by atoms with van der Waals surface area (Å²) in [6, 6.07) is 15.3. The third-order valence-corrected chi connectivity index (χ3v) is 4.18. The Morgan fingerprint density at radius 1 is 1.13 bits per heavy atom. The zero-order chi connectivity index (χ0) is 16.7. The molecule has 0 saturated carbocycles. The van der Waals surface area contributed by atoms with Crippen LogP contribution in [0.25, 0.3) is 0 Å². The van der Waals surface area contributed by atoms with Gasteiger partial charge in [0.15, 0.2) is 0 Å². The van der Waals surface area contributed by atoms with Crippen molar-refractivity contribution < 1.29 is 14.7 Å². The van der Waals surface area contributed by atoms with E-state index in [0.29, 0.717) is 22.3 Å². The van der Waals surface area contributed by atoms with Crippen molar-refractivity contribution >= 4 is 23.2 Å². The quantitative estimate of drug-likeness (QED) is 0.764. The molecule has 2 N–H and O–H groups in total. The summed E-state index contributed by atoms with van der Waals surface area (Å²) in [5.41, 5.74) is 1.26. The Hall–Kier alpha value is -1.26. The summed E-state index contributed by atoms with van der Waals surface area (Å²) in [5.74, 6) is 0.538. The Kier molecular flexibility index (Phi) is 7.18. The first kappa shape index (κ1) is 18.1. The molecule has 3 nitrogen and oxygen atoms in total. The van der Waals surface area contributed by atoms with Crippen LogP contribution in [0, 0.1) is 0 Å². The van der Waals surface area contributed by atoms with Crippen molar-refractivity contribution in [3.63, 3.8) is 0 Å². The summed E-state index contributed by atoms with van der Waals surface area (Å²) < 4.78 is 5.60. The van der Waals surface area contributed by atoms with E-state index in [2.05, 4.69) is 19.1 Å². The second-order valence-corrected chi connectivity index (χ2v) is 6.35. The van der Waals surface area contributed by atoms with E-state index in [1.165, 1.54) is 10.5 Å². The Bertz CT molecular complexity index is 607. The molecule has 0 spiro atoms. The number of hydrogen-bond acceptors (Lipinski definition) is 2. The molecule has 5 heteroatoms. The SMILES string of the molecule is CC[NH+](Cc1ccccc1)C[C@H](O)COc1ccc(Cl)cc1Cl. The summed E-state index contributed by atoms with van der Waals surface area (Å²) in [6.07, 6.45) is -0.555. The molecule has 2 aromatic rings. The maximum atomic E-state index is 10.2. The number of quaternary nitrogens is 1. The lowest BCUT2D eigenvalue weighted by Gasteiger charge is -2.21. The van der Waals surface area contributed by atoms with Crippen molar-refractivity contribution in [2.45, 2.75) is 19.6 Å². The lowest BCUT2D eigenvalue weighted by molar-refractivity contribution is -0.915. The second-order valence-electron chi connectivity index (χ2n) is 5.51. The number of nitrogens with one attached hydrogen (secondary N) is 1. The average Bonchev–Trinajstić information content (AvgIpc) is 2.54. The fourth-order valence-corrected chi connectivity index (χ4v) is 2.86. The molecule has 0 heterocycles. The molecule has 0 radical (unpaired) electrons. The highest BCUT2D eigenvalue weighted by molar-refractivity contribution is 6.35. The van der Waals surface area contributed by atoms with E-state index in [9.17, 15) is 5.11 Å². The van der Waals surface area contributed by atoms with Crippen molar-refractivity contribution in [2.75, 3.05) is 19.7 Å². The first-order valence-electron chi connectivity index (χ1n) is 7.72. The number of hydrogen-bond donors (Lipinski definition) is 2. The average molecular weight is 355 g/mol. The van der Waals surface area contributed by atoms with Gasteiger partial charge in [-0.2, -0.15) is 0 Å². The van der Waals surface area contributed by atoms with E-state index in [0.717, 1.165) is 13.1 Å². The number of aliphatic hydroxyl groups is 1. The molecule has 0 aliphatic carbocycles. The van der Waals surface area contributed by atoms with Crippen LogP contribution in [0.15, 0.2) is 48.5 Å². The maximum Gasteiger partial charge on any atom is 0.138 e. The minimum atomic E-state index is -0.555. The standard InChI is InChI=1S/C18H21Cl2NO2/c1-2-21(11-14-6-4-3-5-7-14)12-16(22)13-23-18-9-8-15(19)10-17(18)20/h3-10,16,22H,2,11-13H2,1H3/p+1/t16-/m0/s1. The van der Waals surface area contributed by atoms with E-state index in [1.807, 2.05) is 18.2 Å². The summed E-state index contributed by atoms with van der Waals surface area (Å²) in [7, 11) is 0. The van der Waals surface area contributed by atoms with Crippen molar-refractivity contribution in [3.05, 3.63) is 64.1 Å². The predicted octanol–water partition coefficient (Wildman–Crippen LogP) is 2.84. The molecular formula is C18H22Cl2NO2+. The topological polar surface area (TPSA) is 33.9 Å². The highest BCUT2D eigenvalue weighted by atomic mass is 35.5. The predicted molar refractivity (Wildman–Crippen MR) is 94.5 cm³/mol. The fraction of sp³-hybridized carbons (Fsp3) is 0.333. The normalized spacial score (nSPS) is 13.6. The van der Waals surface area contributed by atoms with Gasteiger partial charge in [-0.05, 0) is 25.1 Å². The van der Waals surface area contributed by atoms with Crippen LogP contribution in [0.1, 0.15) is 12.5 Å². The minimum Gasteiger partial charge on any atom is -0.489 e. The summed E-state index contributed by atoms with van der Waals surface area (Å²) in [6.45, 7) is 4.77. The molecule has 1 unspecified atom stereocenters. The summed E-state index contributed by atoms with van der Waals surface area (Å²) in [4.78, 5) is 1.30. The largest absolute Gasteiger partial charge is 0.489 e. The van der Waals surface area contributed by atoms with Crippen LogP contribution in [0.4, 0.5) is 0 Å².